The topological polar surface area (TPSA) is 42.7 Å². The highest BCUT2D eigenvalue weighted by Crippen LogP contribution is 2.39. The van der Waals surface area contributed by atoms with Crippen molar-refractivity contribution in [2.75, 3.05) is 19.7 Å². The summed E-state index contributed by atoms with van der Waals surface area (Å²) in [6, 6.07) is 10.3. The Hall–Kier alpha value is -2.14. The molecule has 2 aliphatic heterocycles. The van der Waals surface area contributed by atoms with Crippen molar-refractivity contribution in [1.82, 2.24) is 4.90 Å². The molecule has 1 atom stereocenters. The van der Waals surface area contributed by atoms with E-state index >= 15 is 0 Å². The summed E-state index contributed by atoms with van der Waals surface area (Å²) in [5.41, 5.74) is 1.06. The highest BCUT2D eigenvalue weighted by Gasteiger charge is 2.41. The number of carbonyl (C=O) groups is 1. The molecule has 1 aromatic heterocycles. The Labute approximate surface area is 152 Å². The van der Waals surface area contributed by atoms with Gasteiger partial charge >= 0.3 is 0 Å². The first-order chi connectivity index (χ1) is 12.6. The fourth-order valence-electron chi connectivity index (χ4n) is 4.28. The minimum absolute atomic E-state index is 0.0384. The Kier molecular flexibility index (Phi) is 4.81. The Morgan fingerprint density at radius 2 is 1.96 bits per heavy atom. The van der Waals surface area contributed by atoms with Crippen molar-refractivity contribution in [1.29, 1.82) is 0 Å². The van der Waals surface area contributed by atoms with Gasteiger partial charge in [-0.2, -0.15) is 0 Å². The number of rotatable bonds is 3. The predicted molar refractivity (Wildman–Crippen MR) is 95.4 cm³/mol. The molecule has 1 spiro atoms. The minimum Gasteiger partial charge on any atom is -0.459 e. The van der Waals surface area contributed by atoms with Gasteiger partial charge in [0.1, 0.15) is 5.82 Å². The first-order valence-corrected chi connectivity index (χ1v) is 9.35. The highest BCUT2D eigenvalue weighted by molar-refractivity contribution is 5.91. The van der Waals surface area contributed by atoms with E-state index < -0.39 is 0 Å². The van der Waals surface area contributed by atoms with Gasteiger partial charge in [0.25, 0.3) is 5.91 Å². The Bertz CT molecular complexity index is 733. The molecule has 26 heavy (non-hydrogen) atoms. The van der Waals surface area contributed by atoms with Gasteiger partial charge in [-0.3, -0.25) is 4.79 Å². The number of ether oxygens (including phenoxy) is 1. The van der Waals surface area contributed by atoms with Crippen LogP contribution in [-0.4, -0.2) is 36.1 Å². The number of halogens is 1. The number of amides is 1. The number of nitrogens with zero attached hydrogens (tertiary/aromatic N) is 1. The molecule has 138 valence electrons. The lowest BCUT2D eigenvalue weighted by Gasteiger charge is -2.46. The summed E-state index contributed by atoms with van der Waals surface area (Å²) >= 11 is 0. The zero-order valence-corrected chi connectivity index (χ0v) is 14.8. The van der Waals surface area contributed by atoms with Crippen LogP contribution in [0, 0.1) is 11.7 Å². The maximum atomic E-state index is 13.1. The van der Waals surface area contributed by atoms with Gasteiger partial charge in [0, 0.05) is 19.7 Å². The van der Waals surface area contributed by atoms with E-state index in [-0.39, 0.29) is 17.3 Å². The quantitative estimate of drug-likeness (QED) is 0.832. The van der Waals surface area contributed by atoms with Crippen LogP contribution in [0.1, 0.15) is 41.8 Å². The molecule has 3 heterocycles. The molecule has 0 bridgehead atoms. The van der Waals surface area contributed by atoms with Gasteiger partial charge in [-0.1, -0.05) is 12.1 Å². The third kappa shape index (κ3) is 3.68. The van der Waals surface area contributed by atoms with Crippen LogP contribution in [0.5, 0.6) is 0 Å². The zero-order valence-electron chi connectivity index (χ0n) is 14.8. The molecule has 2 fully saturated rings. The third-order valence-corrected chi connectivity index (χ3v) is 5.73. The molecule has 1 unspecified atom stereocenters. The number of hydrogen-bond acceptors (Lipinski definition) is 3. The zero-order chi connectivity index (χ0) is 18.0. The monoisotopic (exact) mass is 357 g/mol. The van der Waals surface area contributed by atoms with E-state index in [4.69, 9.17) is 9.15 Å². The van der Waals surface area contributed by atoms with E-state index in [1.165, 1.54) is 24.0 Å². The smallest absolute Gasteiger partial charge is 0.289 e. The predicted octanol–water partition coefficient (Wildman–Crippen LogP) is 4.06. The van der Waals surface area contributed by atoms with Crippen molar-refractivity contribution in [2.45, 2.75) is 37.7 Å². The van der Waals surface area contributed by atoms with Gasteiger partial charge in [-0.15, -0.1) is 0 Å². The molecule has 0 aliphatic carbocycles. The van der Waals surface area contributed by atoms with Crippen molar-refractivity contribution in [3.05, 3.63) is 59.8 Å². The van der Waals surface area contributed by atoms with Crippen molar-refractivity contribution in [3.8, 4) is 0 Å². The number of carbonyl (C=O) groups excluding carboxylic acids is 1. The molecule has 0 saturated carbocycles. The summed E-state index contributed by atoms with van der Waals surface area (Å²) in [6.07, 6.45) is 6.25. The molecule has 2 saturated heterocycles. The molecule has 0 N–H and O–H groups in total. The Morgan fingerprint density at radius 3 is 2.65 bits per heavy atom. The van der Waals surface area contributed by atoms with E-state index in [0.717, 1.165) is 38.7 Å². The molecule has 1 aromatic carbocycles. The second-order valence-corrected chi connectivity index (χ2v) is 7.49. The molecular formula is C21H24FNO3. The Morgan fingerprint density at radius 1 is 1.19 bits per heavy atom. The van der Waals surface area contributed by atoms with Gasteiger partial charge in [0.2, 0.25) is 0 Å². The number of likely N-dealkylation sites (tertiary alicyclic amines) is 1. The number of piperidine rings is 1. The lowest BCUT2D eigenvalue weighted by Crippen LogP contribution is -2.51. The summed E-state index contributed by atoms with van der Waals surface area (Å²) in [6.45, 7) is 2.16. The molecule has 1 amide bonds. The van der Waals surface area contributed by atoms with Crippen molar-refractivity contribution in [3.63, 3.8) is 0 Å². The summed E-state index contributed by atoms with van der Waals surface area (Å²) < 4.78 is 24.5. The third-order valence-electron chi connectivity index (χ3n) is 5.73. The fraction of sp³-hybridized carbons (Fsp3) is 0.476. The van der Waals surface area contributed by atoms with Crippen LogP contribution in [0.2, 0.25) is 0 Å². The van der Waals surface area contributed by atoms with E-state index in [1.54, 1.807) is 12.1 Å². The van der Waals surface area contributed by atoms with Gasteiger partial charge in [-0.25, -0.2) is 4.39 Å². The van der Waals surface area contributed by atoms with Crippen molar-refractivity contribution in [2.24, 2.45) is 5.92 Å². The van der Waals surface area contributed by atoms with Crippen LogP contribution in [0.3, 0.4) is 0 Å². The molecule has 2 aliphatic rings. The standard InChI is InChI=1S/C21H24FNO3/c22-18-5-3-16(4-6-18)14-17-7-13-26-21(15-17)8-10-23(11-9-21)20(24)19-2-1-12-25-19/h1-6,12,17H,7-11,13-15H2. The summed E-state index contributed by atoms with van der Waals surface area (Å²) in [4.78, 5) is 14.3. The van der Waals surface area contributed by atoms with E-state index in [0.29, 0.717) is 24.8 Å². The first kappa shape index (κ1) is 17.3. The molecule has 2 aromatic rings. The fourth-order valence-corrected chi connectivity index (χ4v) is 4.28. The lowest BCUT2D eigenvalue weighted by molar-refractivity contribution is -0.123. The van der Waals surface area contributed by atoms with Crippen LogP contribution in [-0.2, 0) is 11.2 Å². The summed E-state index contributed by atoms with van der Waals surface area (Å²) in [5.74, 6) is 0.718. The lowest BCUT2D eigenvalue weighted by atomic mass is 9.77. The average molecular weight is 357 g/mol. The molecule has 4 nitrogen and oxygen atoms in total. The van der Waals surface area contributed by atoms with Gasteiger partial charge < -0.3 is 14.1 Å². The van der Waals surface area contributed by atoms with Gasteiger partial charge in [0.15, 0.2) is 5.76 Å². The van der Waals surface area contributed by atoms with Gasteiger partial charge in [0.05, 0.1) is 11.9 Å². The average Bonchev–Trinajstić information content (AvgIpc) is 3.19. The van der Waals surface area contributed by atoms with Crippen LogP contribution < -0.4 is 0 Å². The van der Waals surface area contributed by atoms with E-state index in [1.807, 2.05) is 17.0 Å². The second-order valence-electron chi connectivity index (χ2n) is 7.49. The maximum Gasteiger partial charge on any atom is 0.289 e. The highest BCUT2D eigenvalue weighted by atomic mass is 19.1. The summed E-state index contributed by atoms with van der Waals surface area (Å²) in [7, 11) is 0. The summed E-state index contributed by atoms with van der Waals surface area (Å²) in [5, 5.41) is 0. The largest absolute Gasteiger partial charge is 0.459 e. The van der Waals surface area contributed by atoms with Crippen LogP contribution >= 0.6 is 0 Å². The van der Waals surface area contributed by atoms with Crippen LogP contribution in [0.4, 0.5) is 4.39 Å². The van der Waals surface area contributed by atoms with Crippen molar-refractivity contribution >= 4 is 5.91 Å². The van der Waals surface area contributed by atoms with Crippen LogP contribution in [0.15, 0.2) is 47.1 Å². The molecule has 0 radical (unpaired) electrons. The van der Waals surface area contributed by atoms with Gasteiger partial charge in [-0.05, 0) is 67.9 Å². The minimum atomic E-state index is -0.189. The van der Waals surface area contributed by atoms with Crippen LogP contribution in [0.25, 0.3) is 0 Å². The van der Waals surface area contributed by atoms with E-state index in [9.17, 15) is 9.18 Å². The maximum absolute atomic E-state index is 13.1. The normalized spacial score (nSPS) is 22.5. The first-order valence-electron chi connectivity index (χ1n) is 9.35. The van der Waals surface area contributed by atoms with Crippen molar-refractivity contribution < 1.29 is 18.3 Å². The molecule has 5 heteroatoms. The number of benzene rings is 1. The second kappa shape index (κ2) is 7.23. The number of hydrogen-bond donors (Lipinski definition) is 0. The molecule has 4 rings (SSSR count). The Balaban J connectivity index is 1.35. The SMILES string of the molecule is O=C(c1ccco1)N1CCC2(CC1)CC(Cc1ccc(F)cc1)CCO2. The molecular weight excluding hydrogens is 333 g/mol. The van der Waals surface area contributed by atoms with E-state index in [2.05, 4.69) is 0 Å². The number of furan rings is 1.